The van der Waals surface area contributed by atoms with Crippen molar-refractivity contribution in [3.05, 3.63) is 53.6 Å². The number of benzene rings is 2. The van der Waals surface area contributed by atoms with E-state index in [4.69, 9.17) is 9.47 Å². The molecular formula is C24H34N3O4+. The van der Waals surface area contributed by atoms with Gasteiger partial charge in [0.2, 0.25) is 5.91 Å². The van der Waals surface area contributed by atoms with E-state index in [0.29, 0.717) is 24.6 Å². The average Bonchev–Trinajstić information content (AvgIpc) is 2.76. The lowest BCUT2D eigenvalue weighted by molar-refractivity contribution is -0.907. The number of aliphatic hydroxyl groups excluding tert-OH is 1. The first-order valence-electron chi connectivity index (χ1n) is 10.8. The maximum absolute atomic E-state index is 12.5. The van der Waals surface area contributed by atoms with Crippen molar-refractivity contribution in [2.45, 2.75) is 20.0 Å². The second kappa shape index (κ2) is 11.1. The topological polar surface area (TPSA) is 75.5 Å². The van der Waals surface area contributed by atoms with Gasteiger partial charge in [0.05, 0.1) is 26.7 Å². The Morgan fingerprint density at radius 2 is 1.74 bits per heavy atom. The molecule has 1 atom stereocenters. The Hall–Kier alpha value is -2.61. The summed E-state index contributed by atoms with van der Waals surface area (Å²) in [7, 11) is 1.60. The van der Waals surface area contributed by atoms with E-state index in [1.54, 1.807) is 7.11 Å². The van der Waals surface area contributed by atoms with E-state index >= 15 is 0 Å². The van der Waals surface area contributed by atoms with Crippen LogP contribution in [0.1, 0.15) is 11.1 Å². The molecule has 7 heteroatoms. The Morgan fingerprint density at radius 1 is 1.10 bits per heavy atom. The Labute approximate surface area is 184 Å². The number of anilines is 1. The van der Waals surface area contributed by atoms with Crippen LogP contribution in [0.15, 0.2) is 42.5 Å². The number of methoxy groups -OCH3 is 1. The first-order valence-corrected chi connectivity index (χ1v) is 10.8. The molecular weight excluding hydrogens is 394 g/mol. The van der Waals surface area contributed by atoms with Crippen molar-refractivity contribution < 1.29 is 24.3 Å². The predicted octanol–water partition coefficient (Wildman–Crippen LogP) is 0.891. The van der Waals surface area contributed by atoms with Crippen molar-refractivity contribution in [2.24, 2.45) is 0 Å². The number of ether oxygens (including phenoxy) is 2. The van der Waals surface area contributed by atoms with E-state index in [1.807, 2.05) is 56.3 Å². The van der Waals surface area contributed by atoms with Crippen molar-refractivity contribution in [2.75, 3.05) is 58.3 Å². The third-order valence-electron chi connectivity index (χ3n) is 5.70. The van der Waals surface area contributed by atoms with E-state index in [1.165, 1.54) is 4.90 Å². The van der Waals surface area contributed by atoms with Crippen LogP contribution in [-0.4, -0.2) is 75.0 Å². The largest absolute Gasteiger partial charge is 0.493 e. The van der Waals surface area contributed by atoms with E-state index in [9.17, 15) is 9.90 Å². The van der Waals surface area contributed by atoms with E-state index in [2.05, 4.69) is 10.2 Å². The maximum atomic E-state index is 12.5. The van der Waals surface area contributed by atoms with Crippen molar-refractivity contribution in [1.82, 2.24) is 4.90 Å². The summed E-state index contributed by atoms with van der Waals surface area (Å²) in [6.45, 7) is 8.70. The number of carbonyl (C=O) groups is 1. The SMILES string of the molecule is COc1ccccc1OCC(O)C[NH+]1CCN(CC(=O)Nc2c(C)cccc2C)CC1. The molecule has 0 spiro atoms. The Balaban J connectivity index is 1.38. The van der Waals surface area contributed by atoms with Crippen LogP contribution in [0.25, 0.3) is 0 Å². The van der Waals surface area contributed by atoms with Gasteiger partial charge >= 0.3 is 0 Å². The van der Waals surface area contributed by atoms with Gasteiger partial charge in [-0.25, -0.2) is 0 Å². The number of nitrogens with zero attached hydrogens (tertiary/aromatic N) is 1. The number of piperazine rings is 1. The standard InChI is InChI=1S/C24H33N3O4/c1-18-7-6-8-19(2)24(18)25-23(29)16-27-13-11-26(12-14-27)15-20(28)17-31-22-10-5-4-9-21(22)30-3/h4-10,20,28H,11-17H2,1-3H3,(H,25,29)/p+1. The highest BCUT2D eigenvalue weighted by Crippen LogP contribution is 2.25. The number of hydrogen-bond acceptors (Lipinski definition) is 5. The van der Waals surface area contributed by atoms with Gasteiger partial charge in [0.15, 0.2) is 11.5 Å². The van der Waals surface area contributed by atoms with Gasteiger partial charge in [0.1, 0.15) is 19.3 Å². The lowest BCUT2D eigenvalue weighted by Gasteiger charge is -2.32. The summed E-state index contributed by atoms with van der Waals surface area (Å²) in [5.74, 6) is 1.32. The van der Waals surface area contributed by atoms with Gasteiger partial charge < -0.3 is 24.8 Å². The molecule has 168 valence electrons. The number of aryl methyl sites for hydroxylation is 2. The second-order valence-electron chi connectivity index (χ2n) is 8.16. The summed E-state index contributed by atoms with van der Waals surface area (Å²) in [6, 6.07) is 13.4. The monoisotopic (exact) mass is 428 g/mol. The average molecular weight is 429 g/mol. The molecule has 0 aliphatic carbocycles. The number of carbonyl (C=O) groups excluding carboxylic acids is 1. The zero-order chi connectivity index (χ0) is 22.2. The Morgan fingerprint density at radius 3 is 2.39 bits per heavy atom. The van der Waals surface area contributed by atoms with Crippen LogP contribution in [0.2, 0.25) is 0 Å². The molecule has 2 aromatic rings. The first-order chi connectivity index (χ1) is 15.0. The van der Waals surface area contributed by atoms with Crippen molar-refractivity contribution in [1.29, 1.82) is 0 Å². The Bertz CT molecular complexity index is 845. The molecule has 1 aliphatic rings. The molecule has 31 heavy (non-hydrogen) atoms. The summed E-state index contributed by atoms with van der Waals surface area (Å²) in [5, 5.41) is 13.4. The van der Waals surface area contributed by atoms with Crippen LogP contribution < -0.4 is 19.7 Å². The Kier molecular flexibility index (Phi) is 8.28. The fraction of sp³-hybridized carbons (Fsp3) is 0.458. The zero-order valence-corrected chi connectivity index (χ0v) is 18.7. The molecule has 0 saturated carbocycles. The van der Waals surface area contributed by atoms with Crippen molar-refractivity contribution in [3.63, 3.8) is 0 Å². The van der Waals surface area contributed by atoms with Crippen LogP contribution in [-0.2, 0) is 4.79 Å². The normalized spacial score (nSPS) is 16.0. The molecule has 0 bridgehead atoms. The fourth-order valence-corrected chi connectivity index (χ4v) is 3.94. The van der Waals surface area contributed by atoms with Crippen molar-refractivity contribution in [3.8, 4) is 11.5 Å². The van der Waals surface area contributed by atoms with Gasteiger partial charge in [0.25, 0.3) is 0 Å². The number of nitrogens with one attached hydrogen (secondary N) is 2. The highest BCUT2D eigenvalue weighted by atomic mass is 16.5. The fourth-order valence-electron chi connectivity index (χ4n) is 3.94. The smallest absolute Gasteiger partial charge is 0.238 e. The summed E-state index contributed by atoms with van der Waals surface area (Å²) < 4.78 is 11.0. The summed E-state index contributed by atoms with van der Waals surface area (Å²) >= 11 is 0. The maximum Gasteiger partial charge on any atom is 0.238 e. The van der Waals surface area contributed by atoms with Gasteiger partial charge in [-0.05, 0) is 37.1 Å². The second-order valence-corrected chi connectivity index (χ2v) is 8.16. The number of quaternary nitrogens is 1. The van der Waals surface area contributed by atoms with Gasteiger partial charge in [0, 0.05) is 18.8 Å². The molecule has 1 saturated heterocycles. The number of para-hydroxylation sites is 3. The molecule has 1 heterocycles. The summed E-state index contributed by atoms with van der Waals surface area (Å²) in [5.41, 5.74) is 3.06. The summed E-state index contributed by atoms with van der Waals surface area (Å²) in [6.07, 6.45) is -0.557. The lowest BCUT2D eigenvalue weighted by atomic mass is 10.1. The van der Waals surface area contributed by atoms with E-state index in [0.717, 1.165) is 43.0 Å². The number of aliphatic hydroxyl groups is 1. The quantitative estimate of drug-likeness (QED) is 0.553. The highest BCUT2D eigenvalue weighted by Gasteiger charge is 2.24. The summed E-state index contributed by atoms with van der Waals surface area (Å²) in [4.78, 5) is 16.0. The predicted molar refractivity (Wildman–Crippen MR) is 121 cm³/mol. The minimum absolute atomic E-state index is 0.0195. The van der Waals surface area contributed by atoms with Crippen LogP contribution in [0.3, 0.4) is 0 Å². The van der Waals surface area contributed by atoms with Gasteiger partial charge in [-0.3, -0.25) is 9.69 Å². The minimum atomic E-state index is -0.557. The number of rotatable bonds is 9. The molecule has 1 fully saturated rings. The number of amides is 1. The molecule has 7 nitrogen and oxygen atoms in total. The molecule has 1 aliphatic heterocycles. The molecule has 1 unspecified atom stereocenters. The van der Waals surface area contributed by atoms with Crippen molar-refractivity contribution >= 4 is 11.6 Å². The van der Waals surface area contributed by atoms with Gasteiger partial charge in [-0.2, -0.15) is 0 Å². The third kappa shape index (κ3) is 6.69. The molecule has 3 N–H and O–H groups in total. The third-order valence-corrected chi connectivity index (χ3v) is 5.70. The van der Waals surface area contributed by atoms with Crippen LogP contribution in [0.5, 0.6) is 11.5 Å². The van der Waals surface area contributed by atoms with Crippen LogP contribution in [0.4, 0.5) is 5.69 Å². The molecule has 0 aromatic heterocycles. The highest BCUT2D eigenvalue weighted by molar-refractivity contribution is 5.93. The first kappa shape index (κ1) is 23.1. The van der Waals surface area contributed by atoms with Gasteiger partial charge in [-0.15, -0.1) is 0 Å². The molecule has 0 radical (unpaired) electrons. The zero-order valence-electron chi connectivity index (χ0n) is 18.7. The minimum Gasteiger partial charge on any atom is -0.493 e. The van der Waals surface area contributed by atoms with E-state index < -0.39 is 6.10 Å². The molecule has 2 aromatic carbocycles. The van der Waals surface area contributed by atoms with Crippen LogP contribution in [0, 0.1) is 13.8 Å². The molecule has 3 rings (SSSR count). The van der Waals surface area contributed by atoms with Crippen LogP contribution >= 0.6 is 0 Å². The van der Waals surface area contributed by atoms with Gasteiger partial charge in [-0.1, -0.05) is 30.3 Å². The number of hydrogen-bond donors (Lipinski definition) is 3. The lowest BCUT2D eigenvalue weighted by Crippen LogP contribution is -3.15. The van der Waals surface area contributed by atoms with E-state index in [-0.39, 0.29) is 12.5 Å². The molecule has 1 amide bonds.